The third-order valence-corrected chi connectivity index (χ3v) is 5.83. The van der Waals surface area contributed by atoms with Crippen LogP contribution >= 0.6 is 0 Å². The molecule has 0 radical (unpaired) electrons. The lowest BCUT2D eigenvalue weighted by atomic mass is 10.1. The average Bonchev–Trinajstić information content (AvgIpc) is 3.20. The van der Waals surface area contributed by atoms with Gasteiger partial charge in [0.2, 0.25) is 5.91 Å². The predicted molar refractivity (Wildman–Crippen MR) is 130 cm³/mol. The summed E-state index contributed by atoms with van der Waals surface area (Å²) in [6.45, 7) is 9.52. The highest BCUT2D eigenvalue weighted by molar-refractivity contribution is 5.96. The largest absolute Gasteiger partial charge is 0.449 e. The highest BCUT2D eigenvalue weighted by Gasteiger charge is 2.31. The second-order valence-electron chi connectivity index (χ2n) is 8.49. The Morgan fingerprint density at radius 1 is 1.27 bits per heavy atom. The SMILES string of the molecule is CCCOC(=O)Nc1cnc2[nH]cc(-c3cccc(N4C[C@@H](C)N(C(C)=O)[C@@H](C)C4)n3)c2c1.[HH]. The second-order valence-corrected chi connectivity index (χ2v) is 8.49. The van der Waals surface area contributed by atoms with Crippen LogP contribution < -0.4 is 10.2 Å². The Labute approximate surface area is 194 Å². The number of rotatable bonds is 5. The number of amides is 2. The van der Waals surface area contributed by atoms with Crippen molar-refractivity contribution >= 4 is 34.5 Å². The van der Waals surface area contributed by atoms with E-state index in [2.05, 4.69) is 34.0 Å². The number of piperazine rings is 1. The first kappa shape index (κ1) is 22.6. The van der Waals surface area contributed by atoms with Crippen molar-refractivity contribution in [2.24, 2.45) is 0 Å². The number of H-pyrrole nitrogens is 1. The summed E-state index contributed by atoms with van der Waals surface area (Å²) in [6, 6.07) is 8.02. The molecule has 9 nitrogen and oxygen atoms in total. The maximum Gasteiger partial charge on any atom is 0.411 e. The van der Waals surface area contributed by atoms with Crippen LogP contribution in [0.2, 0.25) is 0 Å². The Balaban J connectivity index is 0.00000324. The molecule has 0 aromatic carbocycles. The quantitative estimate of drug-likeness (QED) is 0.599. The van der Waals surface area contributed by atoms with E-state index in [9.17, 15) is 9.59 Å². The van der Waals surface area contributed by atoms with Crippen molar-refractivity contribution in [2.45, 2.75) is 46.2 Å². The molecule has 0 aliphatic carbocycles. The monoisotopic (exact) mass is 452 g/mol. The summed E-state index contributed by atoms with van der Waals surface area (Å²) in [5.74, 6) is 0.972. The summed E-state index contributed by atoms with van der Waals surface area (Å²) in [7, 11) is 0. The zero-order valence-electron chi connectivity index (χ0n) is 19.5. The molecule has 2 amide bonds. The number of aromatic amines is 1. The molecule has 3 aromatic heterocycles. The molecule has 0 bridgehead atoms. The topological polar surface area (TPSA) is 103 Å². The van der Waals surface area contributed by atoms with Crippen molar-refractivity contribution in [2.75, 3.05) is 29.9 Å². The van der Waals surface area contributed by atoms with Crippen LogP contribution in [0.1, 0.15) is 35.5 Å². The molecule has 1 aliphatic rings. The van der Waals surface area contributed by atoms with Crippen LogP contribution in [0.25, 0.3) is 22.3 Å². The molecule has 0 saturated carbocycles. The predicted octanol–water partition coefficient (Wildman–Crippen LogP) is 4.27. The van der Waals surface area contributed by atoms with Gasteiger partial charge in [-0.15, -0.1) is 0 Å². The van der Waals surface area contributed by atoms with E-state index in [1.807, 2.05) is 42.3 Å². The molecule has 0 unspecified atom stereocenters. The van der Waals surface area contributed by atoms with E-state index in [-0.39, 0.29) is 19.4 Å². The Bertz CT molecular complexity index is 1150. The molecule has 4 rings (SSSR count). The number of fused-ring (bicyclic) bond motifs is 1. The van der Waals surface area contributed by atoms with Gasteiger partial charge < -0.3 is 19.5 Å². The number of aromatic nitrogens is 3. The summed E-state index contributed by atoms with van der Waals surface area (Å²) >= 11 is 0. The van der Waals surface area contributed by atoms with Crippen LogP contribution in [-0.4, -0.2) is 63.6 Å². The average molecular weight is 453 g/mol. The minimum Gasteiger partial charge on any atom is -0.449 e. The maximum atomic E-state index is 12.0. The van der Waals surface area contributed by atoms with Crippen LogP contribution in [0.3, 0.4) is 0 Å². The molecule has 1 saturated heterocycles. The van der Waals surface area contributed by atoms with Crippen LogP contribution in [0.5, 0.6) is 0 Å². The summed E-state index contributed by atoms with van der Waals surface area (Å²) in [5.41, 5.74) is 2.97. The molecule has 2 atom stereocenters. The Hall–Kier alpha value is -3.62. The molecule has 176 valence electrons. The Kier molecular flexibility index (Phi) is 6.48. The first-order chi connectivity index (χ1) is 15.9. The van der Waals surface area contributed by atoms with Crippen molar-refractivity contribution in [3.63, 3.8) is 0 Å². The lowest BCUT2D eigenvalue weighted by Gasteiger charge is -2.44. The standard InChI is InChI=1S/C24H30N6O3.H2/c1-5-9-33-24(32)27-18-10-19-20(12-26-23(19)25-11-18)21-7-6-8-22(28-21)29-13-15(2)30(17(4)31)16(3)14-29;/h6-8,10-12,15-16H,5,9,13-14H2,1-4H3,(H,25,26)(H,27,32);1H/t15-,16+;. The number of anilines is 2. The van der Waals surface area contributed by atoms with Crippen molar-refractivity contribution in [1.82, 2.24) is 19.9 Å². The molecule has 1 fully saturated rings. The molecule has 33 heavy (non-hydrogen) atoms. The van der Waals surface area contributed by atoms with Gasteiger partial charge in [-0.25, -0.2) is 14.8 Å². The fourth-order valence-electron chi connectivity index (χ4n) is 4.51. The number of carbonyl (C=O) groups excluding carboxylic acids is 2. The number of ether oxygens (including phenoxy) is 1. The van der Waals surface area contributed by atoms with Gasteiger partial charge in [-0.3, -0.25) is 10.1 Å². The van der Waals surface area contributed by atoms with E-state index in [1.165, 1.54) is 0 Å². The zero-order valence-corrected chi connectivity index (χ0v) is 19.5. The molecule has 2 N–H and O–H groups in total. The van der Waals surface area contributed by atoms with Crippen LogP contribution in [0.15, 0.2) is 36.7 Å². The Morgan fingerprint density at radius 3 is 2.73 bits per heavy atom. The number of nitrogens with one attached hydrogen (secondary N) is 2. The molecule has 0 spiro atoms. The fourth-order valence-corrected chi connectivity index (χ4v) is 4.51. The summed E-state index contributed by atoms with van der Waals surface area (Å²) in [6.07, 6.45) is 3.73. The summed E-state index contributed by atoms with van der Waals surface area (Å²) in [5, 5.41) is 3.58. The normalized spacial score (nSPS) is 18.4. The van der Waals surface area contributed by atoms with E-state index in [1.54, 1.807) is 13.1 Å². The first-order valence-electron chi connectivity index (χ1n) is 11.3. The van der Waals surface area contributed by atoms with Crippen molar-refractivity contribution < 1.29 is 15.8 Å². The van der Waals surface area contributed by atoms with Crippen molar-refractivity contribution in [3.05, 3.63) is 36.7 Å². The van der Waals surface area contributed by atoms with Gasteiger partial charge in [-0.2, -0.15) is 0 Å². The van der Waals surface area contributed by atoms with Gasteiger partial charge >= 0.3 is 6.09 Å². The van der Waals surface area contributed by atoms with Gasteiger partial charge in [0.05, 0.1) is 24.2 Å². The van der Waals surface area contributed by atoms with Crippen LogP contribution in [0.4, 0.5) is 16.3 Å². The third-order valence-electron chi connectivity index (χ3n) is 5.83. The summed E-state index contributed by atoms with van der Waals surface area (Å²) in [4.78, 5) is 40.6. The van der Waals surface area contributed by atoms with Crippen molar-refractivity contribution in [1.29, 1.82) is 0 Å². The molecule has 3 aromatic rings. The molecule has 4 heterocycles. The highest BCUT2D eigenvalue weighted by Crippen LogP contribution is 2.30. The van der Waals surface area contributed by atoms with E-state index in [0.29, 0.717) is 17.9 Å². The maximum absolute atomic E-state index is 12.0. The van der Waals surface area contributed by atoms with Gasteiger partial charge in [0.15, 0.2) is 0 Å². The van der Waals surface area contributed by atoms with Gasteiger partial charge in [0, 0.05) is 50.7 Å². The smallest absolute Gasteiger partial charge is 0.411 e. The minimum atomic E-state index is -0.497. The minimum absolute atomic E-state index is 0. The molecule has 9 heteroatoms. The van der Waals surface area contributed by atoms with Gasteiger partial charge in [-0.1, -0.05) is 13.0 Å². The lowest BCUT2D eigenvalue weighted by molar-refractivity contribution is -0.133. The van der Waals surface area contributed by atoms with E-state index < -0.39 is 6.09 Å². The van der Waals surface area contributed by atoms with Crippen LogP contribution in [-0.2, 0) is 9.53 Å². The van der Waals surface area contributed by atoms with E-state index in [4.69, 9.17) is 9.72 Å². The van der Waals surface area contributed by atoms with Gasteiger partial charge in [0.1, 0.15) is 11.5 Å². The van der Waals surface area contributed by atoms with Gasteiger partial charge in [0.25, 0.3) is 0 Å². The fraction of sp³-hybridized carbons (Fsp3) is 0.417. The van der Waals surface area contributed by atoms with E-state index >= 15 is 0 Å². The molecular weight excluding hydrogens is 420 g/mol. The van der Waals surface area contributed by atoms with E-state index in [0.717, 1.165) is 42.0 Å². The number of nitrogens with zero attached hydrogens (tertiary/aromatic N) is 4. The molecular formula is C24H32N6O3. The zero-order chi connectivity index (χ0) is 23.5. The third kappa shape index (κ3) is 4.76. The summed E-state index contributed by atoms with van der Waals surface area (Å²) < 4.78 is 5.10. The van der Waals surface area contributed by atoms with Crippen molar-refractivity contribution in [3.8, 4) is 11.3 Å². The number of hydrogen-bond acceptors (Lipinski definition) is 6. The molecule has 1 aliphatic heterocycles. The Morgan fingerprint density at radius 2 is 2.03 bits per heavy atom. The number of pyridine rings is 2. The lowest BCUT2D eigenvalue weighted by Crippen LogP contribution is -2.58. The number of carbonyl (C=O) groups is 2. The van der Waals surface area contributed by atoms with Gasteiger partial charge in [-0.05, 0) is 38.5 Å². The second kappa shape index (κ2) is 9.48. The number of hydrogen-bond donors (Lipinski definition) is 2. The van der Waals surface area contributed by atoms with Crippen LogP contribution in [0, 0.1) is 0 Å². The first-order valence-corrected chi connectivity index (χ1v) is 11.3. The highest BCUT2D eigenvalue weighted by atomic mass is 16.5.